The van der Waals surface area contributed by atoms with Gasteiger partial charge < -0.3 is 8.98 Å². The summed E-state index contributed by atoms with van der Waals surface area (Å²) in [7, 11) is 0. The van der Waals surface area contributed by atoms with Crippen LogP contribution in [0.2, 0.25) is 0 Å². The first-order chi connectivity index (χ1) is 29.7. The summed E-state index contributed by atoms with van der Waals surface area (Å²) in [5, 5.41) is 6.99. The number of aromatic nitrogens is 4. The van der Waals surface area contributed by atoms with Crippen LogP contribution >= 0.6 is 0 Å². The van der Waals surface area contributed by atoms with Crippen molar-refractivity contribution >= 4 is 54.5 Å². The first kappa shape index (κ1) is 33.9. The molecule has 0 bridgehead atoms. The van der Waals surface area contributed by atoms with Gasteiger partial charge in [0, 0.05) is 43.9 Å². The van der Waals surface area contributed by atoms with E-state index in [1.54, 1.807) is 0 Å². The maximum absolute atomic E-state index is 6.48. The second-order valence-electron chi connectivity index (χ2n) is 15.2. The molecule has 280 valence electrons. The van der Waals surface area contributed by atoms with Crippen LogP contribution in [0.15, 0.2) is 211 Å². The Balaban J connectivity index is 1.15. The highest BCUT2D eigenvalue weighted by Gasteiger charge is 2.21. The molecule has 12 aromatic rings. The summed E-state index contributed by atoms with van der Waals surface area (Å²) in [6, 6.07) is 72.3. The van der Waals surface area contributed by atoms with E-state index in [2.05, 4.69) is 138 Å². The van der Waals surface area contributed by atoms with Gasteiger partial charge in [0.05, 0.1) is 11.0 Å². The van der Waals surface area contributed by atoms with Crippen molar-refractivity contribution in [3.05, 3.63) is 206 Å². The molecule has 12 rings (SSSR count). The molecule has 9 aromatic carbocycles. The molecule has 0 aliphatic carbocycles. The summed E-state index contributed by atoms with van der Waals surface area (Å²) in [6.07, 6.45) is 0. The Labute approximate surface area is 345 Å². The molecule has 5 heteroatoms. The van der Waals surface area contributed by atoms with E-state index < -0.39 is 0 Å². The van der Waals surface area contributed by atoms with Gasteiger partial charge in [-0.3, -0.25) is 0 Å². The van der Waals surface area contributed by atoms with Gasteiger partial charge in [-0.15, -0.1) is 0 Å². The van der Waals surface area contributed by atoms with Crippen LogP contribution < -0.4 is 0 Å². The second-order valence-corrected chi connectivity index (χ2v) is 15.2. The average Bonchev–Trinajstić information content (AvgIpc) is 3.86. The zero-order chi connectivity index (χ0) is 39.6. The Hall–Kier alpha value is -8.15. The first-order valence-corrected chi connectivity index (χ1v) is 20.2. The van der Waals surface area contributed by atoms with Crippen LogP contribution in [0.25, 0.3) is 117 Å². The molecule has 3 heterocycles. The second kappa shape index (κ2) is 13.8. The van der Waals surface area contributed by atoms with Crippen LogP contribution in [0.1, 0.15) is 0 Å². The van der Waals surface area contributed by atoms with Crippen molar-refractivity contribution in [2.75, 3.05) is 0 Å². The lowest BCUT2D eigenvalue weighted by atomic mass is 9.97. The van der Waals surface area contributed by atoms with Crippen LogP contribution in [-0.4, -0.2) is 19.5 Å². The van der Waals surface area contributed by atoms with Crippen LogP contribution in [-0.2, 0) is 0 Å². The zero-order valence-corrected chi connectivity index (χ0v) is 32.3. The van der Waals surface area contributed by atoms with Gasteiger partial charge in [-0.1, -0.05) is 152 Å². The maximum atomic E-state index is 6.48. The lowest BCUT2D eigenvalue weighted by Crippen LogP contribution is -2.02. The van der Waals surface area contributed by atoms with Crippen molar-refractivity contribution in [1.29, 1.82) is 0 Å². The molecule has 0 aliphatic rings. The Morgan fingerprint density at radius 3 is 1.68 bits per heavy atom. The van der Waals surface area contributed by atoms with Crippen LogP contribution in [0, 0.1) is 0 Å². The Morgan fingerprint density at radius 1 is 0.333 bits per heavy atom. The Morgan fingerprint density at radius 2 is 0.950 bits per heavy atom. The van der Waals surface area contributed by atoms with Crippen molar-refractivity contribution in [2.45, 2.75) is 0 Å². The molecule has 0 spiro atoms. The van der Waals surface area contributed by atoms with Crippen molar-refractivity contribution < 1.29 is 4.42 Å². The monoisotopic (exact) mass is 766 g/mol. The molecular weight excluding hydrogens is 733 g/mol. The molecule has 0 fully saturated rings. The van der Waals surface area contributed by atoms with Crippen LogP contribution in [0.3, 0.4) is 0 Å². The molecule has 5 nitrogen and oxygen atoms in total. The molecule has 0 saturated carbocycles. The molecule has 60 heavy (non-hydrogen) atoms. The third-order valence-corrected chi connectivity index (χ3v) is 11.6. The predicted octanol–water partition coefficient (Wildman–Crippen LogP) is 14.4. The molecule has 0 N–H and O–H groups in total. The lowest BCUT2D eigenvalue weighted by molar-refractivity contribution is 0.669. The van der Waals surface area contributed by atoms with Gasteiger partial charge in [0.25, 0.3) is 0 Å². The minimum absolute atomic E-state index is 0.591. The van der Waals surface area contributed by atoms with E-state index in [1.807, 2.05) is 72.8 Å². The van der Waals surface area contributed by atoms with E-state index >= 15 is 0 Å². The lowest BCUT2D eigenvalue weighted by Gasteiger charge is -2.16. The van der Waals surface area contributed by atoms with E-state index in [0.29, 0.717) is 17.5 Å². The fourth-order valence-corrected chi connectivity index (χ4v) is 8.82. The zero-order valence-electron chi connectivity index (χ0n) is 32.3. The van der Waals surface area contributed by atoms with E-state index in [0.717, 1.165) is 66.5 Å². The number of furan rings is 1. The largest absolute Gasteiger partial charge is 0.456 e. The van der Waals surface area contributed by atoms with Crippen molar-refractivity contribution in [3.8, 4) is 62.1 Å². The summed E-state index contributed by atoms with van der Waals surface area (Å²) in [5.41, 5.74) is 12.1. The third kappa shape index (κ3) is 5.59. The number of hydrogen-bond donors (Lipinski definition) is 0. The van der Waals surface area contributed by atoms with Gasteiger partial charge >= 0.3 is 0 Å². The normalized spacial score (nSPS) is 11.7. The van der Waals surface area contributed by atoms with Crippen LogP contribution in [0.5, 0.6) is 0 Å². The van der Waals surface area contributed by atoms with Gasteiger partial charge in [-0.25, -0.2) is 15.0 Å². The van der Waals surface area contributed by atoms with Gasteiger partial charge in [0.15, 0.2) is 17.5 Å². The molecule has 0 aliphatic heterocycles. The average molecular weight is 767 g/mol. The molecule has 0 atom stereocenters. The highest BCUT2D eigenvalue weighted by Crippen LogP contribution is 2.43. The topological polar surface area (TPSA) is 56.7 Å². The maximum Gasteiger partial charge on any atom is 0.164 e. The van der Waals surface area contributed by atoms with E-state index in [1.165, 1.54) is 32.7 Å². The van der Waals surface area contributed by atoms with E-state index in [4.69, 9.17) is 19.4 Å². The molecule has 0 unspecified atom stereocenters. The van der Waals surface area contributed by atoms with Gasteiger partial charge in [0.2, 0.25) is 0 Å². The number of benzene rings is 9. The summed E-state index contributed by atoms with van der Waals surface area (Å²) in [5.74, 6) is 1.82. The number of fused-ring (bicyclic) bond motifs is 7. The van der Waals surface area contributed by atoms with E-state index in [9.17, 15) is 0 Å². The predicted molar refractivity (Wildman–Crippen MR) is 246 cm³/mol. The fraction of sp³-hybridized carbons (Fsp3) is 0. The summed E-state index contributed by atoms with van der Waals surface area (Å²) in [6.45, 7) is 0. The summed E-state index contributed by atoms with van der Waals surface area (Å²) in [4.78, 5) is 15.4. The highest BCUT2D eigenvalue weighted by atomic mass is 16.3. The minimum Gasteiger partial charge on any atom is -0.456 e. The molecule has 3 aromatic heterocycles. The van der Waals surface area contributed by atoms with Crippen molar-refractivity contribution in [3.63, 3.8) is 0 Å². The van der Waals surface area contributed by atoms with Crippen molar-refractivity contribution in [1.82, 2.24) is 19.5 Å². The first-order valence-electron chi connectivity index (χ1n) is 20.2. The number of hydrogen-bond acceptors (Lipinski definition) is 4. The Bertz CT molecular complexity index is 3530. The molecule has 0 saturated heterocycles. The standard InChI is InChI=1S/C55H34N4O/c1-4-15-35(16-5-1)42-24-14-25-48-52(42)47-31-38-21-10-11-22-39(38)32-49(47)59(48)41-28-30-45(46(34-41)40-27-29-44-43-23-12-13-26-50(43)60-51(44)33-40)55-57-53(36-17-6-2-7-18-36)56-54(58-55)37-19-8-3-9-20-37/h1-34H. The van der Waals surface area contributed by atoms with E-state index in [-0.39, 0.29) is 0 Å². The molecule has 0 amide bonds. The molecular formula is C55H34N4O. The highest BCUT2D eigenvalue weighted by molar-refractivity contribution is 6.18. The minimum atomic E-state index is 0.591. The number of rotatable bonds is 6. The quantitative estimate of drug-likeness (QED) is 0.169. The fourth-order valence-electron chi connectivity index (χ4n) is 8.82. The number of para-hydroxylation sites is 1. The third-order valence-electron chi connectivity index (χ3n) is 11.6. The van der Waals surface area contributed by atoms with Crippen molar-refractivity contribution in [2.24, 2.45) is 0 Å². The van der Waals surface area contributed by atoms with Gasteiger partial charge in [0.1, 0.15) is 11.2 Å². The molecule has 0 radical (unpaired) electrons. The Kier molecular flexibility index (Phi) is 7.78. The van der Waals surface area contributed by atoms with Gasteiger partial charge in [-0.05, 0) is 87.6 Å². The summed E-state index contributed by atoms with van der Waals surface area (Å²) < 4.78 is 8.89. The smallest absolute Gasteiger partial charge is 0.164 e. The summed E-state index contributed by atoms with van der Waals surface area (Å²) >= 11 is 0. The van der Waals surface area contributed by atoms with Gasteiger partial charge in [-0.2, -0.15) is 0 Å². The van der Waals surface area contributed by atoms with Crippen LogP contribution in [0.4, 0.5) is 0 Å². The SMILES string of the molecule is c1ccc(-c2nc(-c3ccccc3)nc(-c3ccc(-n4c5cc6ccccc6cc5c5c(-c6ccccc6)cccc54)cc3-c3ccc4c(c3)oc3ccccc34)n2)cc1. The number of nitrogens with zero attached hydrogens (tertiary/aromatic N) is 4.